The molecule has 3 aromatic carbocycles. The molecule has 0 bridgehead atoms. The van der Waals surface area contributed by atoms with Crippen LogP contribution < -0.4 is 9.47 Å². The van der Waals surface area contributed by atoms with Crippen LogP contribution in [0.25, 0.3) is 22.3 Å². The summed E-state index contributed by atoms with van der Waals surface area (Å²) >= 11 is 0. The number of esters is 3. The fourth-order valence-electron chi connectivity index (χ4n) is 2.92. The van der Waals surface area contributed by atoms with Gasteiger partial charge in [-0.3, -0.25) is 4.79 Å². The summed E-state index contributed by atoms with van der Waals surface area (Å²) in [6.07, 6.45) is 2.56. The molecule has 6 heteroatoms. The summed E-state index contributed by atoms with van der Waals surface area (Å²) in [5.41, 5.74) is 3.94. The van der Waals surface area contributed by atoms with Gasteiger partial charge in [0, 0.05) is 6.08 Å². The van der Waals surface area contributed by atoms with Crippen molar-refractivity contribution in [2.45, 2.75) is 6.42 Å². The van der Waals surface area contributed by atoms with Gasteiger partial charge in [0.05, 0.1) is 6.42 Å². The van der Waals surface area contributed by atoms with Crippen molar-refractivity contribution >= 4 is 17.9 Å². The number of ether oxygens (including phenoxy) is 3. The largest absolute Gasteiger partial charge is 0.453 e. The molecule has 3 rings (SSSR count). The van der Waals surface area contributed by atoms with Crippen molar-refractivity contribution in [2.75, 3.05) is 6.61 Å². The molecule has 0 aliphatic rings. The van der Waals surface area contributed by atoms with E-state index in [4.69, 9.17) is 14.2 Å². The molecular formula is C27H22O6. The third-order valence-corrected chi connectivity index (χ3v) is 4.54. The molecule has 33 heavy (non-hydrogen) atoms. The maximum Gasteiger partial charge on any atom is 0.349 e. The van der Waals surface area contributed by atoms with Gasteiger partial charge in [-0.1, -0.05) is 61.2 Å². The summed E-state index contributed by atoms with van der Waals surface area (Å²) in [7, 11) is 0. The normalized spacial score (nSPS) is 10.1. The number of hydrogen-bond donors (Lipinski definition) is 0. The van der Waals surface area contributed by atoms with Crippen LogP contribution in [-0.2, 0) is 19.1 Å². The predicted octanol–water partition coefficient (Wildman–Crippen LogP) is 5.14. The monoisotopic (exact) mass is 442 g/mol. The average Bonchev–Trinajstić information content (AvgIpc) is 2.84. The molecule has 0 atom stereocenters. The van der Waals surface area contributed by atoms with Gasteiger partial charge in [0.15, 0.2) is 6.61 Å². The first-order chi connectivity index (χ1) is 16.0. The van der Waals surface area contributed by atoms with E-state index in [0.717, 1.165) is 28.3 Å². The maximum absolute atomic E-state index is 11.8. The van der Waals surface area contributed by atoms with E-state index >= 15 is 0 Å². The average molecular weight is 442 g/mol. The maximum atomic E-state index is 11.8. The third kappa shape index (κ3) is 6.77. The molecule has 6 nitrogen and oxygen atoms in total. The lowest BCUT2D eigenvalue weighted by molar-refractivity contribution is -0.153. The van der Waals surface area contributed by atoms with Crippen LogP contribution in [0.1, 0.15) is 6.42 Å². The van der Waals surface area contributed by atoms with E-state index in [1.165, 1.54) is 6.08 Å². The summed E-state index contributed by atoms with van der Waals surface area (Å²) in [6.45, 7) is 6.35. The van der Waals surface area contributed by atoms with Crippen LogP contribution in [0, 0.1) is 0 Å². The van der Waals surface area contributed by atoms with E-state index in [2.05, 4.69) is 13.2 Å². The number of rotatable bonds is 9. The molecule has 0 fully saturated rings. The Morgan fingerprint density at radius 3 is 1.48 bits per heavy atom. The Hall–Kier alpha value is -4.45. The van der Waals surface area contributed by atoms with Crippen LogP contribution in [-0.4, -0.2) is 24.5 Å². The van der Waals surface area contributed by atoms with Gasteiger partial charge >= 0.3 is 17.9 Å². The zero-order valence-corrected chi connectivity index (χ0v) is 17.9. The molecule has 0 amide bonds. The molecule has 0 N–H and O–H groups in total. The molecule has 166 valence electrons. The van der Waals surface area contributed by atoms with Gasteiger partial charge < -0.3 is 14.2 Å². The molecule has 0 radical (unpaired) electrons. The highest BCUT2D eigenvalue weighted by Gasteiger charge is 2.09. The van der Waals surface area contributed by atoms with Gasteiger partial charge in [0.25, 0.3) is 0 Å². The molecule has 0 aliphatic heterocycles. The van der Waals surface area contributed by atoms with Crippen molar-refractivity contribution in [1.82, 2.24) is 0 Å². The first-order valence-corrected chi connectivity index (χ1v) is 10.1. The van der Waals surface area contributed by atoms with Crippen molar-refractivity contribution in [1.29, 1.82) is 0 Å². The van der Waals surface area contributed by atoms with E-state index in [1.54, 1.807) is 24.3 Å². The van der Waals surface area contributed by atoms with E-state index in [-0.39, 0.29) is 6.42 Å². The fraction of sp³-hybridized carbons (Fsp3) is 0.0741. The topological polar surface area (TPSA) is 78.9 Å². The molecule has 0 heterocycles. The van der Waals surface area contributed by atoms with Gasteiger partial charge in [-0.25, -0.2) is 9.59 Å². The van der Waals surface area contributed by atoms with Gasteiger partial charge in [0.1, 0.15) is 11.5 Å². The van der Waals surface area contributed by atoms with E-state index in [9.17, 15) is 14.4 Å². The Balaban J connectivity index is 1.60. The number of carbonyl (C=O) groups is 3. The molecule has 0 aromatic heterocycles. The summed E-state index contributed by atoms with van der Waals surface area (Å²) in [5.74, 6) is -0.879. The first kappa shape index (κ1) is 23.2. The number of benzene rings is 3. The first-order valence-electron chi connectivity index (χ1n) is 10.1. The van der Waals surface area contributed by atoms with Crippen LogP contribution in [0.5, 0.6) is 11.5 Å². The zero-order valence-electron chi connectivity index (χ0n) is 17.9. The van der Waals surface area contributed by atoms with Gasteiger partial charge in [-0.2, -0.15) is 0 Å². The van der Waals surface area contributed by atoms with E-state index < -0.39 is 24.5 Å². The Kier molecular flexibility index (Phi) is 7.91. The molecular weight excluding hydrogens is 420 g/mol. The van der Waals surface area contributed by atoms with Crippen LogP contribution in [0.2, 0.25) is 0 Å². The number of hydrogen-bond acceptors (Lipinski definition) is 6. The fourth-order valence-corrected chi connectivity index (χ4v) is 2.92. The Morgan fingerprint density at radius 2 is 1.06 bits per heavy atom. The lowest BCUT2D eigenvalue weighted by atomic mass is 10.0. The molecule has 0 spiro atoms. The van der Waals surface area contributed by atoms with Crippen molar-refractivity contribution in [2.24, 2.45) is 0 Å². The molecule has 0 aliphatic carbocycles. The van der Waals surface area contributed by atoms with E-state index in [1.807, 2.05) is 48.5 Å². The van der Waals surface area contributed by atoms with Gasteiger partial charge in [0.2, 0.25) is 0 Å². The zero-order chi connectivity index (χ0) is 23.6. The summed E-state index contributed by atoms with van der Waals surface area (Å²) in [4.78, 5) is 34.3. The predicted molar refractivity (Wildman–Crippen MR) is 125 cm³/mol. The molecule has 0 saturated carbocycles. The SMILES string of the molecule is C=CCC(=O)OCC(=O)Oc1ccc(-c2ccc(-c3ccc(OC(=O)C=C)cc3)cc2)cc1. The second-order valence-electron chi connectivity index (χ2n) is 6.88. The van der Waals surface area contributed by atoms with Crippen molar-refractivity contribution < 1.29 is 28.6 Å². The molecule has 3 aromatic rings. The molecule has 0 saturated heterocycles. The lowest BCUT2D eigenvalue weighted by Crippen LogP contribution is -2.18. The van der Waals surface area contributed by atoms with Crippen molar-refractivity contribution in [3.63, 3.8) is 0 Å². The van der Waals surface area contributed by atoms with Crippen molar-refractivity contribution in [3.8, 4) is 33.8 Å². The second kappa shape index (κ2) is 11.2. The van der Waals surface area contributed by atoms with Crippen LogP contribution in [0.4, 0.5) is 0 Å². The smallest absolute Gasteiger partial charge is 0.349 e. The minimum Gasteiger partial charge on any atom is -0.453 e. The second-order valence-corrected chi connectivity index (χ2v) is 6.88. The quantitative estimate of drug-likeness (QED) is 0.198. The highest BCUT2D eigenvalue weighted by molar-refractivity contribution is 5.83. The highest BCUT2D eigenvalue weighted by atomic mass is 16.6. The van der Waals surface area contributed by atoms with Crippen LogP contribution >= 0.6 is 0 Å². The Bertz CT molecular complexity index is 1140. The van der Waals surface area contributed by atoms with Crippen molar-refractivity contribution in [3.05, 3.63) is 98.1 Å². The van der Waals surface area contributed by atoms with Gasteiger partial charge in [-0.05, 0) is 46.5 Å². The lowest BCUT2D eigenvalue weighted by Gasteiger charge is -2.08. The standard InChI is InChI=1S/C27H22O6/c1-3-5-26(29)31-18-27(30)33-24-16-12-22(13-17-24)20-8-6-19(7-9-20)21-10-14-23(15-11-21)32-25(28)4-2/h3-4,6-17H,1-2,5,18H2. The summed E-state index contributed by atoms with van der Waals surface area (Å²) in [6, 6.07) is 22.2. The third-order valence-electron chi connectivity index (χ3n) is 4.54. The number of carbonyl (C=O) groups excluding carboxylic acids is 3. The van der Waals surface area contributed by atoms with Crippen LogP contribution in [0.15, 0.2) is 98.1 Å². The summed E-state index contributed by atoms with van der Waals surface area (Å²) in [5, 5.41) is 0. The Morgan fingerprint density at radius 1 is 0.636 bits per heavy atom. The Labute approximate surface area is 191 Å². The highest BCUT2D eigenvalue weighted by Crippen LogP contribution is 2.27. The van der Waals surface area contributed by atoms with Gasteiger partial charge in [-0.15, -0.1) is 6.58 Å². The minimum atomic E-state index is -0.658. The van der Waals surface area contributed by atoms with E-state index in [0.29, 0.717) is 11.5 Å². The summed E-state index contributed by atoms with van der Waals surface area (Å²) < 4.78 is 15.0. The minimum absolute atomic E-state index is 0.0389. The van der Waals surface area contributed by atoms with Crippen LogP contribution in [0.3, 0.4) is 0 Å². The molecule has 0 unspecified atom stereocenters.